The van der Waals surface area contributed by atoms with Crippen molar-refractivity contribution in [1.82, 2.24) is 0 Å². The van der Waals surface area contributed by atoms with Crippen molar-refractivity contribution in [2.45, 2.75) is 13.3 Å². The Hall–Kier alpha value is 0.374. The summed E-state index contributed by atoms with van der Waals surface area (Å²) < 4.78 is 5.15. The molecule has 0 spiro atoms. The molecule has 2 nitrogen and oxygen atoms in total. The fraction of sp³-hybridized carbons (Fsp3) is 0.750. The molecule has 0 radical (unpaired) electrons. The minimum atomic E-state index is 0. The average Bonchev–Trinajstić information content (AvgIpc) is 1.99. The van der Waals surface area contributed by atoms with Gasteiger partial charge in [0.1, 0.15) is 0 Å². The predicted molar refractivity (Wildman–Crippen MR) is 41.9 cm³/mol. The summed E-state index contributed by atoms with van der Waals surface area (Å²) in [7, 11) is 0. The normalized spacial score (nSPS) is 11.8. The third-order valence-corrected chi connectivity index (χ3v) is 1.42. The van der Waals surface area contributed by atoms with Crippen molar-refractivity contribution in [3.05, 3.63) is 12.7 Å². The van der Waals surface area contributed by atoms with Gasteiger partial charge in [0, 0.05) is 34.2 Å². The molecule has 0 saturated heterocycles. The summed E-state index contributed by atoms with van der Waals surface area (Å²) in [6.07, 6.45) is 2.68. The molecule has 1 N–H and O–H groups in total. The molecule has 0 aromatic carbocycles. The first-order chi connectivity index (χ1) is 4.85. The van der Waals surface area contributed by atoms with E-state index in [0.29, 0.717) is 19.1 Å². The monoisotopic (exact) mass is 192 g/mol. The quantitative estimate of drug-likeness (QED) is 0.389. The minimum absolute atomic E-state index is 0. The topological polar surface area (TPSA) is 29.5 Å². The van der Waals surface area contributed by atoms with Crippen molar-refractivity contribution in [3.63, 3.8) is 0 Å². The molecule has 0 heterocycles. The Morgan fingerprint density at radius 3 is 2.64 bits per heavy atom. The number of ether oxygens (including phenoxy) is 1. The van der Waals surface area contributed by atoms with Gasteiger partial charge >= 0.3 is 0 Å². The molecule has 64 valence electrons. The van der Waals surface area contributed by atoms with Crippen LogP contribution in [0.4, 0.5) is 0 Å². The zero-order valence-electron chi connectivity index (χ0n) is 7.05. The molecule has 0 saturated carbocycles. The Morgan fingerprint density at radius 1 is 1.64 bits per heavy atom. The molecule has 0 aliphatic carbocycles. The smallest absolute Gasteiger partial charge is 0.0644 e. The van der Waals surface area contributed by atoms with E-state index < -0.39 is 0 Å². The van der Waals surface area contributed by atoms with Crippen LogP contribution in [0.5, 0.6) is 0 Å². The minimum Gasteiger partial charge on any atom is -0.396 e. The zero-order chi connectivity index (χ0) is 7.82. The van der Waals surface area contributed by atoms with Gasteiger partial charge in [0.2, 0.25) is 0 Å². The number of hydrogen-bond acceptors (Lipinski definition) is 2. The van der Waals surface area contributed by atoms with Crippen LogP contribution in [-0.4, -0.2) is 24.9 Å². The number of rotatable bonds is 6. The molecular weight excluding hydrogens is 176 g/mol. The van der Waals surface area contributed by atoms with Crippen molar-refractivity contribution in [1.29, 1.82) is 0 Å². The average molecular weight is 192 g/mol. The summed E-state index contributed by atoms with van der Waals surface area (Å²) in [4.78, 5) is 0. The molecule has 3 heteroatoms. The van der Waals surface area contributed by atoms with E-state index in [9.17, 15) is 0 Å². The summed E-state index contributed by atoms with van der Waals surface area (Å²) in [5.41, 5.74) is 0. The van der Waals surface area contributed by atoms with E-state index in [1.807, 2.05) is 6.92 Å². The van der Waals surface area contributed by atoms with Gasteiger partial charge in [-0.05, 0) is 6.42 Å². The summed E-state index contributed by atoms with van der Waals surface area (Å²) in [5, 5.41) is 8.72. The van der Waals surface area contributed by atoms with Crippen molar-refractivity contribution < 1.29 is 31.6 Å². The van der Waals surface area contributed by atoms with Gasteiger partial charge in [-0.15, -0.1) is 6.58 Å². The molecular formula is C8H16O2Ti. The maximum absolute atomic E-state index is 8.72. The Labute approximate surface area is 83.5 Å². The van der Waals surface area contributed by atoms with E-state index in [-0.39, 0.29) is 28.3 Å². The van der Waals surface area contributed by atoms with Crippen molar-refractivity contribution >= 4 is 0 Å². The van der Waals surface area contributed by atoms with Crippen LogP contribution in [0, 0.1) is 5.92 Å². The Kier molecular flexibility index (Phi) is 13.1. The van der Waals surface area contributed by atoms with Crippen LogP contribution in [0.2, 0.25) is 0 Å². The van der Waals surface area contributed by atoms with Crippen LogP contribution >= 0.6 is 0 Å². The van der Waals surface area contributed by atoms with E-state index in [1.165, 1.54) is 0 Å². The second kappa shape index (κ2) is 10.4. The molecule has 0 aromatic rings. The maximum atomic E-state index is 8.72. The van der Waals surface area contributed by atoms with Crippen LogP contribution in [-0.2, 0) is 26.5 Å². The van der Waals surface area contributed by atoms with E-state index in [0.717, 1.165) is 6.42 Å². The molecule has 11 heavy (non-hydrogen) atoms. The van der Waals surface area contributed by atoms with Crippen LogP contribution < -0.4 is 0 Å². The van der Waals surface area contributed by atoms with Gasteiger partial charge in [-0.25, -0.2) is 0 Å². The summed E-state index contributed by atoms with van der Waals surface area (Å²) in [5.74, 6) is 0.292. The summed E-state index contributed by atoms with van der Waals surface area (Å²) in [6, 6.07) is 0. The molecule has 1 atom stereocenters. The third kappa shape index (κ3) is 8.28. The molecule has 0 rings (SSSR count). The second-order valence-corrected chi connectivity index (χ2v) is 2.28. The first kappa shape index (κ1) is 13.9. The summed E-state index contributed by atoms with van der Waals surface area (Å²) >= 11 is 0. The SMILES string of the molecule is C=CCOCC(CC)CO.[Ti]. The standard InChI is InChI=1S/C8H16O2.Ti/c1-3-5-10-7-8(4-2)6-9;/h3,8-9H,1,4-7H2,2H3;. The molecule has 0 aliphatic rings. The first-order valence-corrected chi connectivity index (χ1v) is 3.64. The molecule has 0 bridgehead atoms. The van der Waals surface area contributed by atoms with Crippen LogP contribution in [0.3, 0.4) is 0 Å². The van der Waals surface area contributed by atoms with Crippen LogP contribution in [0.1, 0.15) is 13.3 Å². The van der Waals surface area contributed by atoms with E-state index in [1.54, 1.807) is 6.08 Å². The third-order valence-electron chi connectivity index (χ3n) is 1.42. The predicted octanol–water partition coefficient (Wildman–Crippen LogP) is 1.20. The Morgan fingerprint density at radius 2 is 2.27 bits per heavy atom. The largest absolute Gasteiger partial charge is 0.396 e. The van der Waals surface area contributed by atoms with Crippen LogP contribution in [0.15, 0.2) is 12.7 Å². The maximum Gasteiger partial charge on any atom is 0.0644 e. The van der Waals surface area contributed by atoms with Crippen molar-refractivity contribution in [2.24, 2.45) is 5.92 Å². The second-order valence-electron chi connectivity index (χ2n) is 2.28. The Bertz CT molecular complexity index is 82.2. The van der Waals surface area contributed by atoms with Gasteiger partial charge in [0.05, 0.1) is 13.2 Å². The summed E-state index contributed by atoms with van der Waals surface area (Å²) in [6.45, 7) is 7.00. The van der Waals surface area contributed by atoms with E-state index >= 15 is 0 Å². The van der Waals surface area contributed by atoms with Gasteiger partial charge in [0.25, 0.3) is 0 Å². The fourth-order valence-electron chi connectivity index (χ4n) is 0.618. The first-order valence-electron chi connectivity index (χ1n) is 3.64. The van der Waals surface area contributed by atoms with Crippen LogP contribution in [0.25, 0.3) is 0 Å². The van der Waals surface area contributed by atoms with Gasteiger partial charge < -0.3 is 9.84 Å². The molecule has 0 aliphatic heterocycles. The van der Waals surface area contributed by atoms with Gasteiger partial charge in [-0.3, -0.25) is 0 Å². The van der Waals surface area contributed by atoms with Gasteiger partial charge in [-0.1, -0.05) is 13.0 Å². The molecule has 1 unspecified atom stereocenters. The van der Waals surface area contributed by atoms with Crippen molar-refractivity contribution in [2.75, 3.05) is 19.8 Å². The Balaban J connectivity index is 0. The zero-order valence-corrected chi connectivity index (χ0v) is 8.61. The molecule has 0 amide bonds. The van der Waals surface area contributed by atoms with Gasteiger partial charge in [-0.2, -0.15) is 0 Å². The number of aliphatic hydroxyl groups is 1. The van der Waals surface area contributed by atoms with Crippen molar-refractivity contribution in [3.8, 4) is 0 Å². The molecule has 0 fully saturated rings. The number of aliphatic hydroxyl groups excluding tert-OH is 1. The van der Waals surface area contributed by atoms with Gasteiger partial charge in [0.15, 0.2) is 0 Å². The van der Waals surface area contributed by atoms with E-state index in [4.69, 9.17) is 9.84 Å². The molecule has 0 aromatic heterocycles. The van der Waals surface area contributed by atoms with E-state index in [2.05, 4.69) is 6.58 Å². The number of hydrogen-bond donors (Lipinski definition) is 1. The fourth-order valence-corrected chi connectivity index (χ4v) is 0.618.